The molecule has 0 spiro atoms. The zero-order chi connectivity index (χ0) is 23.0. The number of rotatable bonds is 0. The van der Waals surface area contributed by atoms with Crippen molar-refractivity contribution in [2.45, 2.75) is 99.2 Å². The van der Waals surface area contributed by atoms with E-state index in [1.807, 2.05) is 0 Å². The van der Waals surface area contributed by atoms with Gasteiger partial charge in [0.1, 0.15) is 0 Å². The summed E-state index contributed by atoms with van der Waals surface area (Å²) in [4.78, 5) is 9.94. The Morgan fingerprint density at radius 1 is 0.484 bits per heavy atom. The largest absolute Gasteiger partial charge is 0.379 e. The molecule has 3 fully saturated rings. The normalized spacial score (nSPS) is 22.6. The van der Waals surface area contributed by atoms with Crippen molar-refractivity contribution >= 4 is 0 Å². The Hall–Kier alpha value is -0.200. The van der Waals surface area contributed by atoms with Gasteiger partial charge in [-0.3, -0.25) is 14.7 Å². The fraction of sp³-hybridized carbons (Fsp3) is 1.00. The molecule has 0 aromatic heterocycles. The molecular weight excluding hydrogens is 384 g/mol. The molecule has 5 nitrogen and oxygen atoms in total. The second-order valence-corrected chi connectivity index (χ2v) is 12.1. The van der Waals surface area contributed by atoms with Gasteiger partial charge in [-0.15, -0.1) is 0 Å². The average Bonchev–Trinajstić information content (AvgIpc) is 3.18. The molecule has 0 radical (unpaired) electrons. The van der Waals surface area contributed by atoms with Crippen LogP contribution in [0.15, 0.2) is 0 Å². The molecule has 0 aromatic rings. The lowest BCUT2D eigenvalue weighted by Gasteiger charge is -2.41. The van der Waals surface area contributed by atoms with E-state index in [9.17, 15) is 0 Å². The number of hydrogen-bond donors (Lipinski definition) is 0. The van der Waals surface area contributed by atoms with Gasteiger partial charge in [-0.2, -0.15) is 0 Å². The van der Waals surface area contributed by atoms with Crippen LogP contribution in [0.1, 0.15) is 82.6 Å². The maximum Gasteiger partial charge on any atom is 0.0594 e. The molecule has 3 aliphatic rings. The summed E-state index contributed by atoms with van der Waals surface area (Å²) in [5, 5.41) is 0. The molecule has 0 amide bonds. The summed E-state index contributed by atoms with van der Waals surface area (Å²) in [5.74, 6) is 0. The summed E-state index contributed by atoms with van der Waals surface area (Å²) in [6.07, 6.45) is 2.80. The number of likely N-dealkylation sites (N-methyl/N-ethyl adjacent to an activating group) is 1. The van der Waals surface area contributed by atoms with Crippen LogP contribution in [0.5, 0.6) is 0 Å². The number of likely N-dealkylation sites (tertiary alicyclic amines) is 1. The van der Waals surface area contributed by atoms with Crippen molar-refractivity contribution in [3.8, 4) is 0 Å². The minimum atomic E-state index is 0. The molecule has 3 saturated heterocycles. The lowest BCUT2D eigenvalue weighted by Crippen LogP contribution is -2.52. The molecule has 0 aromatic carbocycles. The van der Waals surface area contributed by atoms with Crippen LogP contribution in [0.3, 0.4) is 0 Å². The zero-order valence-corrected chi connectivity index (χ0v) is 22.2. The van der Waals surface area contributed by atoms with Crippen LogP contribution in [0, 0.1) is 0 Å². The Bertz CT molecular complexity index is 441. The van der Waals surface area contributed by atoms with Gasteiger partial charge in [-0.05, 0) is 95.3 Å². The van der Waals surface area contributed by atoms with Crippen LogP contribution in [0.4, 0.5) is 0 Å². The first-order valence-electron chi connectivity index (χ1n) is 12.2. The third-order valence-corrected chi connectivity index (χ3v) is 6.47. The van der Waals surface area contributed by atoms with E-state index in [0.717, 1.165) is 26.3 Å². The van der Waals surface area contributed by atoms with Gasteiger partial charge in [0.15, 0.2) is 0 Å². The Morgan fingerprint density at radius 3 is 1.10 bits per heavy atom. The van der Waals surface area contributed by atoms with Crippen LogP contribution < -0.4 is 0 Å². The lowest BCUT2D eigenvalue weighted by atomic mass is 10.1. The van der Waals surface area contributed by atoms with E-state index in [1.165, 1.54) is 52.1 Å². The second kappa shape index (κ2) is 13.5. The summed E-state index contributed by atoms with van der Waals surface area (Å²) >= 11 is 0. The minimum Gasteiger partial charge on any atom is -0.379 e. The molecule has 0 N–H and O–H groups in total. The van der Waals surface area contributed by atoms with E-state index in [0.29, 0.717) is 16.6 Å². The van der Waals surface area contributed by atoms with Crippen LogP contribution in [-0.4, -0.2) is 109 Å². The van der Waals surface area contributed by atoms with Crippen molar-refractivity contribution in [2.24, 2.45) is 0 Å². The van der Waals surface area contributed by atoms with Gasteiger partial charge in [0.2, 0.25) is 0 Å². The number of piperazine rings is 1. The number of morpholine rings is 1. The van der Waals surface area contributed by atoms with Crippen LogP contribution >= 0.6 is 0 Å². The minimum absolute atomic E-state index is 0. The summed E-state index contributed by atoms with van der Waals surface area (Å²) in [6, 6.07) is 0. The third-order valence-electron chi connectivity index (χ3n) is 6.47. The zero-order valence-electron chi connectivity index (χ0n) is 22.2. The molecule has 5 heteroatoms. The third kappa shape index (κ3) is 12.6. The summed E-state index contributed by atoms with van der Waals surface area (Å²) in [6.45, 7) is 32.0. The van der Waals surface area contributed by atoms with Gasteiger partial charge in [-0.1, -0.05) is 7.43 Å². The lowest BCUT2D eigenvalue weighted by molar-refractivity contribution is -0.00389. The first kappa shape index (κ1) is 30.8. The molecule has 0 atom stereocenters. The standard InChI is InChI=1S/C9H20N2.C8H17NO.C8H17N.CH4/c1-9(2,3)11-7-5-10(4)6-8-11;1-8(2,3)9-4-6-10-7-5-9;1-8(2,3)9-6-4-5-7-9;/h5-8H2,1-4H3;4-7H2,1-3H3;4-7H2,1-3H3;1H4. The molecule has 0 bridgehead atoms. The van der Waals surface area contributed by atoms with E-state index in [4.69, 9.17) is 4.74 Å². The van der Waals surface area contributed by atoms with Gasteiger partial charge in [0, 0.05) is 55.9 Å². The highest BCUT2D eigenvalue weighted by Gasteiger charge is 2.25. The van der Waals surface area contributed by atoms with Gasteiger partial charge >= 0.3 is 0 Å². The van der Waals surface area contributed by atoms with Crippen molar-refractivity contribution < 1.29 is 4.74 Å². The highest BCUT2D eigenvalue weighted by molar-refractivity contribution is 4.81. The SMILES string of the molecule is C.CC(C)(C)N1CCCC1.CC(C)(C)N1CCOCC1.CN1CCN(C(C)(C)C)CC1. The van der Waals surface area contributed by atoms with E-state index in [2.05, 4.69) is 89.0 Å². The van der Waals surface area contributed by atoms with Gasteiger partial charge in [-0.25, -0.2) is 0 Å². The maximum absolute atomic E-state index is 5.25. The monoisotopic (exact) mass is 442 g/mol. The second-order valence-electron chi connectivity index (χ2n) is 12.1. The summed E-state index contributed by atoms with van der Waals surface area (Å²) < 4.78 is 5.25. The highest BCUT2D eigenvalue weighted by atomic mass is 16.5. The number of ether oxygens (including phenoxy) is 1. The summed E-state index contributed by atoms with van der Waals surface area (Å²) in [7, 11) is 2.19. The Balaban J connectivity index is 0.000000431. The molecule has 31 heavy (non-hydrogen) atoms. The molecule has 3 heterocycles. The van der Waals surface area contributed by atoms with Crippen molar-refractivity contribution in [1.82, 2.24) is 19.6 Å². The Morgan fingerprint density at radius 2 is 0.806 bits per heavy atom. The van der Waals surface area contributed by atoms with Gasteiger partial charge < -0.3 is 9.64 Å². The van der Waals surface area contributed by atoms with Gasteiger partial charge in [0.25, 0.3) is 0 Å². The van der Waals surface area contributed by atoms with Crippen molar-refractivity contribution in [3.63, 3.8) is 0 Å². The Labute approximate surface area is 196 Å². The highest BCUT2D eigenvalue weighted by Crippen LogP contribution is 2.19. The predicted molar refractivity (Wildman–Crippen MR) is 138 cm³/mol. The average molecular weight is 443 g/mol. The fourth-order valence-electron chi connectivity index (χ4n) is 4.10. The maximum atomic E-state index is 5.25. The first-order chi connectivity index (χ1) is 13.7. The molecule has 188 valence electrons. The predicted octanol–water partition coefficient (Wildman–Crippen LogP) is 4.67. The molecule has 0 saturated carbocycles. The van der Waals surface area contributed by atoms with Crippen molar-refractivity contribution in [1.29, 1.82) is 0 Å². The number of hydrogen-bond acceptors (Lipinski definition) is 5. The molecular formula is C26H58N4O. The smallest absolute Gasteiger partial charge is 0.0594 e. The first-order valence-corrected chi connectivity index (χ1v) is 12.2. The van der Waals surface area contributed by atoms with E-state index >= 15 is 0 Å². The topological polar surface area (TPSA) is 22.2 Å². The van der Waals surface area contributed by atoms with E-state index < -0.39 is 0 Å². The van der Waals surface area contributed by atoms with E-state index in [-0.39, 0.29) is 7.43 Å². The van der Waals surface area contributed by atoms with Crippen molar-refractivity contribution in [3.05, 3.63) is 0 Å². The fourth-order valence-corrected chi connectivity index (χ4v) is 4.10. The van der Waals surface area contributed by atoms with Crippen LogP contribution in [0.2, 0.25) is 0 Å². The molecule has 0 unspecified atom stereocenters. The molecule has 0 aliphatic carbocycles. The quantitative estimate of drug-likeness (QED) is 0.542. The van der Waals surface area contributed by atoms with E-state index in [1.54, 1.807) is 0 Å². The molecule has 3 aliphatic heterocycles. The van der Waals surface area contributed by atoms with Crippen molar-refractivity contribution in [2.75, 3.05) is 72.6 Å². The summed E-state index contributed by atoms with van der Waals surface area (Å²) in [5.41, 5.74) is 1.10. The Kier molecular flexibility index (Phi) is 13.4. The van der Waals surface area contributed by atoms with Gasteiger partial charge in [0.05, 0.1) is 13.2 Å². The number of nitrogens with zero attached hydrogens (tertiary/aromatic N) is 4. The van der Waals surface area contributed by atoms with Crippen LogP contribution in [-0.2, 0) is 4.74 Å². The molecule has 3 rings (SSSR count). The van der Waals surface area contributed by atoms with Crippen LogP contribution in [0.25, 0.3) is 0 Å².